The Hall–Kier alpha value is -7.68. The topological polar surface area (TPSA) is 6.48 Å². The van der Waals surface area contributed by atoms with E-state index in [2.05, 4.69) is 264 Å². The highest BCUT2D eigenvalue weighted by Gasteiger charge is 2.34. The molecule has 0 bridgehead atoms. The predicted molar refractivity (Wildman–Crippen MR) is 355 cm³/mol. The van der Waals surface area contributed by atoms with Gasteiger partial charge in [-0.05, 0) is 226 Å². The Morgan fingerprint density at radius 3 is 1.66 bits per heavy atom. The van der Waals surface area contributed by atoms with Gasteiger partial charge in [0.2, 0.25) is 0 Å². The number of allylic oxidation sites excluding steroid dienone is 7. The SMILES string of the molecule is CCC(CC)(c1ccc(C2=C(N(C3=CCCC(c4ccc(C)cc4)C3)C3C=C(C4=CCC(C)CC4)CCC3)CCCC2)cc1)c1ccc(-c2ccccc2N(c2cccc(-c3ccc(C)cc3)c2)c2cccc(-c3ccc(C)cc3)c2)cc1. The fraction of sp³-hybridized carbons (Fsp3) is 0.309. The molecule has 2 heteroatoms. The van der Waals surface area contributed by atoms with Gasteiger partial charge in [0.1, 0.15) is 0 Å². The van der Waals surface area contributed by atoms with Gasteiger partial charge in [-0.25, -0.2) is 0 Å². The van der Waals surface area contributed by atoms with E-state index in [0.29, 0.717) is 12.0 Å². The minimum atomic E-state index is -0.127. The molecule has 8 aromatic carbocycles. The van der Waals surface area contributed by atoms with Crippen molar-refractivity contribution in [2.45, 2.75) is 155 Å². The molecule has 0 N–H and O–H groups in total. The summed E-state index contributed by atoms with van der Waals surface area (Å²) in [4.78, 5) is 5.39. The maximum atomic E-state index is 2.93. The van der Waals surface area contributed by atoms with Crippen LogP contribution in [0.3, 0.4) is 0 Å². The number of aryl methyl sites for hydroxylation is 3. The van der Waals surface area contributed by atoms with Crippen LogP contribution in [0.2, 0.25) is 0 Å². The standard InChI is InChI=1S/C81H86N2/c1-7-81(8-2,71-49-45-65(46-50-71)77-25-9-11-27-79(77)82(73-21-13-17-67(53-73)61-37-29-57(3)30-38-61)74-22-14-18-68(54-74)62-39-31-58(4)32-40-62)72-51-47-66(48-52-72)78-26-10-12-28-80(78)83(75-23-15-19-69(55-75)63-41-33-59(5)34-42-63)76-24-16-20-70(56-76)64-43-35-60(6)36-44-64/h9,11,13-14,17-18,21-23,25,27,29-34,37-43,45-54,56,60,69,76H,7-8,10,12,15-16,19-20,24,26,28,35-36,44,55H2,1-6H3. The number of hydrogen-bond donors (Lipinski definition) is 0. The number of para-hydroxylation sites is 1. The highest BCUT2D eigenvalue weighted by Crippen LogP contribution is 2.48. The van der Waals surface area contributed by atoms with Crippen LogP contribution in [-0.4, -0.2) is 10.9 Å². The van der Waals surface area contributed by atoms with E-state index in [-0.39, 0.29) is 5.41 Å². The number of anilines is 3. The van der Waals surface area contributed by atoms with E-state index in [9.17, 15) is 0 Å². The molecule has 0 fully saturated rings. The molecule has 0 saturated carbocycles. The predicted octanol–water partition coefficient (Wildman–Crippen LogP) is 22.9. The number of benzene rings is 8. The van der Waals surface area contributed by atoms with Gasteiger partial charge in [-0.15, -0.1) is 0 Å². The van der Waals surface area contributed by atoms with Gasteiger partial charge < -0.3 is 9.80 Å². The van der Waals surface area contributed by atoms with Gasteiger partial charge in [0.05, 0.1) is 11.7 Å². The summed E-state index contributed by atoms with van der Waals surface area (Å²) >= 11 is 0. The maximum absolute atomic E-state index is 2.93. The average molecular weight is 1090 g/mol. The first-order valence-corrected chi connectivity index (χ1v) is 31.8. The zero-order chi connectivity index (χ0) is 56.9. The second-order valence-electron chi connectivity index (χ2n) is 25.0. The van der Waals surface area contributed by atoms with Gasteiger partial charge in [0.25, 0.3) is 0 Å². The first-order chi connectivity index (χ1) is 40.6. The van der Waals surface area contributed by atoms with Crippen LogP contribution in [-0.2, 0) is 5.41 Å². The summed E-state index contributed by atoms with van der Waals surface area (Å²) in [5.41, 5.74) is 28.1. The van der Waals surface area contributed by atoms with Crippen molar-refractivity contribution in [2.24, 2.45) is 5.92 Å². The van der Waals surface area contributed by atoms with Crippen molar-refractivity contribution < 1.29 is 0 Å². The van der Waals surface area contributed by atoms with Crippen molar-refractivity contribution in [3.63, 3.8) is 0 Å². The molecule has 8 aromatic rings. The van der Waals surface area contributed by atoms with Crippen LogP contribution in [0.5, 0.6) is 0 Å². The van der Waals surface area contributed by atoms with E-state index in [4.69, 9.17) is 0 Å². The van der Waals surface area contributed by atoms with Crippen molar-refractivity contribution in [3.05, 3.63) is 274 Å². The molecule has 83 heavy (non-hydrogen) atoms. The average Bonchev–Trinajstić information content (AvgIpc) is 3.73. The van der Waals surface area contributed by atoms with E-state index >= 15 is 0 Å². The van der Waals surface area contributed by atoms with Crippen molar-refractivity contribution in [3.8, 4) is 33.4 Å². The van der Waals surface area contributed by atoms with Gasteiger partial charge in [0.15, 0.2) is 0 Å². The van der Waals surface area contributed by atoms with Gasteiger partial charge in [-0.2, -0.15) is 0 Å². The summed E-state index contributed by atoms with van der Waals surface area (Å²) in [6.07, 6.45) is 25.8. The number of nitrogens with zero attached hydrogens (tertiary/aromatic N) is 2. The lowest BCUT2D eigenvalue weighted by atomic mass is 9.70. The van der Waals surface area contributed by atoms with Crippen molar-refractivity contribution in [1.29, 1.82) is 0 Å². The van der Waals surface area contributed by atoms with Crippen LogP contribution in [0.25, 0.3) is 39.0 Å². The van der Waals surface area contributed by atoms with Crippen LogP contribution in [0.15, 0.2) is 235 Å². The third-order valence-electron chi connectivity index (χ3n) is 19.6. The Labute approximate surface area is 498 Å². The smallest absolute Gasteiger partial charge is 0.0540 e. The Morgan fingerprint density at radius 2 is 1.06 bits per heavy atom. The Bertz CT molecular complexity index is 3570. The molecular formula is C81H86N2. The monoisotopic (exact) mass is 1090 g/mol. The zero-order valence-electron chi connectivity index (χ0n) is 50.4. The summed E-state index contributed by atoms with van der Waals surface area (Å²) in [6.45, 7) is 13.7. The lowest BCUT2D eigenvalue weighted by Crippen LogP contribution is -2.37. The second-order valence-corrected chi connectivity index (χ2v) is 25.0. The molecule has 0 spiro atoms. The summed E-state index contributed by atoms with van der Waals surface area (Å²) in [5, 5.41) is 0. The summed E-state index contributed by atoms with van der Waals surface area (Å²) in [5.74, 6) is 1.35. The van der Waals surface area contributed by atoms with Crippen molar-refractivity contribution in [1.82, 2.24) is 4.90 Å². The lowest BCUT2D eigenvalue weighted by Gasteiger charge is -2.43. The minimum Gasteiger partial charge on any atom is -0.342 e. The van der Waals surface area contributed by atoms with Gasteiger partial charge >= 0.3 is 0 Å². The molecule has 0 aliphatic heterocycles. The first-order valence-electron chi connectivity index (χ1n) is 31.8. The van der Waals surface area contributed by atoms with E-state index < -0.39 is 0 Å². The summed E-state index contributed by atoms with van der Waals surface area (Å²) in [6, 6.07) is 74.4. The molecule has 0 radical (unpaired) electrons. The molecule has 0 saturated heterocycles. The van der Waals surface area contributed by atoms with Crippen molar-refractivity contribution in [2.75, 3.05) is 4.90 Å². The lowest BCUT2D eigenvalue weighted by molar-refractivity contribution is 0.292. The molecular weight excluding hydrogens is 1000 g/mol. The molecule has 4 aliphatic carbocycles. The Balaban J connectivity index is 0.883. The van der Waals surface area contributed by atoms with Crippen LogP contribution in [0.4, 0.5) is 17.1 Å². The van der Waals surface area contributed by atoms with Gasteiger partial charge in [-0.3, -0.25) is 0 Å². The fourth-order valence-electron chi connectivity index (χ4n) is 14.6. The Kier molecular flexibility index (Phi) is 16.8. The van der Waals surface area contributed by atoms with E-state index in [0.717, 1.165) is 61.5 Å². The highest BCUT2D eigenvalue weighted by molar-refractivity contribution is 5.90. The fourth-order valence-corrected chi connectivity index (χ4v) is 14.6. The van der Waals surface area contributed by atoms with Crippen molar-refractivity contribution >= 4 is 22.6 Å². The number of rotatable bonds is 16. The number of hydrogen-bond acceptors (Lipinski definition) is 2. The first kappa shape index (κ1) is 55.8. The second kappa shape index (κ2) is 25.0. The molecule has 2 nitrogen and oxygen atoms in total. The van der Waals surface area contributed by atoms with E-state index in [1.807, 2.05) is 0 Å². The molecule has 3 unspecified atom stereocenters. The van der Waals surface area contributed by atoms with E-state index in [1.165, 1.54) is 130 Å². The highest BCUT2D eigenvalue weighted by atomic mass is 15.2. The normalized spacial score (nSPS) is 18.5. The maximum Gasteiger partial charge on any atom is 0.0540 e. The molecule has 0 heterocycles. The Morgan fingerprint density at radius 1 is 0.482 bits per heavy atom. The molecule has 420 valence electrons. The quantitative estimate of drug-likeness (QED) is 0.0951. The molecule has 0 aromatic heterocycles. The van der Waals surface area contributed by atoms with Crippen LogP contribution in [0, 0.1) is 26.7 Å². The molecule has 4 aliphatic rings. The third kappa shape index (κ3) is 12.0. The largest absolute Gasteiger partial charge is 0.342 e. The van der Waals surface area contributed by atoms with Gasteiger partial charge in [-0.1, -0.05) is 219 Å². The van der Waals surface area contributed by atoms with Crippen LogP contribution in [0.1, 0.15) is 162 Å². The van der Waals surface area contributed by atoms with Crippen LogP contribution < -0.4 is 4.90 Å². The summed E-state index contributed by atoms with van der Waals surface area (Å²) in [7, 11) is 0. The molecule has 3 atom stereocenters. The third-order valence-corrected chi connectivity index (χ3v) is 19.6. The minimum absolute atomic E-state index is 0.127. The zero-order valence-corrected chi connectivity index (χ0v) is 50.4. The van der Waals surface area contributed by atoms with E-state index in [1.54, 1.807) is 28.1 Å². The van der Waals surface area contributed by atoms with Crippen LogP contribution >= 0.6 is 0 Å². The molecule has 12 rings (SSSR count). The molecule has 0 amide bonds. The van der Waals surface area contributed by atoms with Gasteiger partial charge in [0, 0.05) is 33.7 Å². The summed E-state index contributed by atoms with van der Waals surface area (Å²) < 4.78 is 0.